The molecule has 0 saturated carbocycles. The number of rotatable bonds is 4. The van der Waals surface area contributed by atoms with E-state index in [-0.39, 0.29) is 23.5 Å². The lowest BCUT2D eigenvalue weighted by molar-refractivity contribution is -0.139. The molecule has 0 unspecified atom stereocenters. The number of hydrogen-bond donors (Lipinski definition) is 3. The topological polar surface area (TPSA) is 95.5 Å². The molecule has 1 aromatic rings. The standard InChI is InChI=1S/C14H17F3N2O4S/c15-14(16,17)11-4-2-1-3-10(11)12(20)7-18-13(21)19-9-5-6-24(22,23)8-9/h1-4,9,12,20H,5-8H2,(H2,18,19,21)/t9-,12-/m0/s1. The Hall–Kier alpha value is -1.81. The van der Waals surface area contributed by atoms with Crippen LogP contribution in [-0.2, 0) is 16.0 Å². The maximum Gasteiger partial charge on any atom is 0.416 e. The van der Waals surface area contributed by atoms with Gasteiger partial charge in [-0.2, -0.15) is 13.2 Å². The molecular weight excluding hydrogens is 349 g/mol. The SMILES string of the molecule is O=C(NC[C@H](O)c1ccccc1C(F)(F)F)N[C@H]1CCS(=O)(=O)C1. The monoisotopic (exact) mass is 366 g/mol. The van der Waals surface area contributed by atoms with E-state index in [0.29, 0.717) is 0 Å². The van der Waals surface area contributed by atoms with Crippen molar-refractivity contribution >= 4 is 15.9 Å². The van der Waals surface area contributed by atoms with Gasteiger partial charge in [-0.05, 0) is 18.1 Å². The molecule has 0 aliphatic carbocycles. The molecule has 0 bridgehead atoms. The van der Waals surface area contributed by atoms with E-state index in [0.717, 1.165) is 12.1 Å². The predicted octanol–water partition coefficient (Wildman–Crippen LogP) is 1.23. The van der Waals surface area contributed by atoms with E-state index >= 15 is 0 Å². The first-order valence-corrected chi connectivity index (χ1v) is 8.99. The molecule has 1 aromatic carbocycles. The lowest BCUT2D eigenvalue weighted by Gasteiger charge is -2.18. The van der Waals surface area contributed by atoms with Crippen LogP contribution in [0.2, 0.25) is 0 Å². The van der Waals surface area contributed by atoms with Crippen LogP contribution in [0, 0.1) is 0 Å². The van der Waals surface area contributed by atoms with E-state index in [4.69, 9.17) is 0 Å². The number of amides is 2. The number of hydrogen-bond acceptors (Lipinski definition) is 4. The summed E-state index contributed by atoms with van der Waals surface area (Å²) in [4.78, 5) is 11.7. The Morgan fingerprint density at radius 3 is 2.58 bits per heavy atom. The van der Waals surface area contributed by atoms with Crippen molar-refractivity contribution in [3.05, 3.63) is 35.4 Å². The molecule has 2 atom stereocenters. The Kier molecular flexibility index (Phi) is 5.38. The van der Waals surface area contributed by atoms with Crippen molar-refractivity contribution < 1.29 is 31.5 Å². The van der Waals surface area contributed by atoms with Gasteiger partial charge in [0.05, 0.1) is 23.2 Å². The van der Waals surface area contributed by atoms with Crippen LogP contribution in [0.3, 0.4) is 0 Å². The quantitative estimate of drug-likeness (QED) is 0.747. The first-order chi connectivity index (χ1) is 11.1. The third-order valence-corrected chi connectivity index (χ3v) is 5.42. The second-order valence-corrected chi connectivity index (χ2v) is 7.78. The van der Waals surface area contributed by atoms with Crippen molar-refractivity contribution in [2.24, 2.45) is 0 Å². The summed E-state index contributed by atoms with van der Waals surface area (Å²) in [6, 6.07) is 3.28. The highest BCUT2D eigenvalue weighted by Crippen LogP contribution is 2.34. The Morgan fingerprint density at radius 2 is 2.00 bits per heavy atom. The van der Waals surface area contributed by atoms with Crippen molar-refractivity contribution in [2.45, 2.75) is 24.7 Å². The molecule has 1 aliphatic rings. The zero-order chi connectivity index (χ0) is 18.0. The van der Waals surface area contributed by atoms with Crippen molar-refractivity contribution in [1.82, 2.24) is 10.6 Å². The molecule has 24 heavy (non-hydrogen) atoms. The number of benzene rings is 1. The van der Waals surface area contributed by atoms with Crippen LogP contribution in [0.15, 0.2) is 24.3 Å². The van der Waals surface area contributed by atoms with E-state index in [2.05, 4.69) is 10.6 Å². The number of aliphatic hydroxyl groups excluding tert-OH is 1. The van der Waals surface area contributed by atoms with Gasteiger partial charge < -0.3 is 15.7 Å². The summed E-state index contributed by atoms with van der Waals surface area (Å²) < 4.78 is 61.2. The summed E-state index contributed by atoms with van der Waals surface area (Å²) in [5, 5.41) is 14.6. The zero-order valence-electron chi connectivity index (χ0n) is 12.5. The first kappa shape index (κ1) is 18.5. The number of nitrogens with one attached hydrogen (secondary N) is 2. The fourth-order valence-electron chi connectivity index (χ4n) is 2.49. The van der Waals surface area contributed by atoms with Crippen LogP contribution in [0.25, 0.3) is 0 Å². The van der Waals surface area contributed by atoms with E-state index in [1.807, 2.05) is 0 Å². The van der Waals surface area contributed by atoms with Crippen LogP contribution in [-0.4, -0.2) is 43.6 Å². The Balaban J connectivity index is 1.92. The normalized spacial score (nSPS) is 21.2. The van der Waals surface area contributed by atoms with E-state index in [1.165, 1.54) is 12.1 Å². The summed E-state index contributed by atoms with van der Waals surface area (Å²) in [5.74, 6) is -0.181. The summed E-state index contributed by atoms with van der Waals surface area (Å²) >= 11 is 0. The number of aliphatic hydroxyl groups is 1. The zero-order valence-corrected chi connectivity index (χ0v) is 13.3. The molecule has 1 saturated heterocycles. The fourth-order valence-corrected chi connectivity index (χ4v) is 4.16. The van der Waals surface area contributed by atoms with Crippen molar-refractivity contribution in [2.75, 3.05) is 18.1 Å². The number of carbonyl (C=O) groups is 1. The number of urea groups is 1. The highest BCUT2D eigenvalue weighted by atomic mass is 32.2. The van der Waals surface area contributed by atoms with E-state index < -0.39 is 46.3 Å². The van der Waals surface area contributed by atoms with Gasteiger partial charge in [0, 0.05) is 12.6 Å². The Labute approximate surface area is 137 Å². The molecular formula is C14H17F3N2O4S. The van der Waals surface area contributed by atoms with E-state index in [1.54, 1.807) is 0 Å². The Morgan fingerprint density at radius 1 is 1.33 bits per heavy atom. The van der Waals surface area contributed by atoms with Gasteiger partial charge in [-0.3, -0.25) is 0 Å². The average molecular weight is 366 g/mol. The van der Waals surface area contributed by atoms with Gasteiger partial charge in [-0.1, -0.05) is 18.2 Å². The number of sulfone groups is 1. The van der Waals surface area contributed by atoms with Gasteiger partial charge in [0.25, 0.3) is 0 Å². The minimum atomic E-state index is -4.61. The van der Waals surface area contributed by atoms with Crippen LogP contribution < -0.4 is 10.6 Å². The Bertz CT molecular complexity index is 706. The molecule has 6 nitrogen and oxygen atoms in total. The maximum atomic E-state index is 12.9. The van der Waals surface area contributed by atoms with Gasteiger partial charge in [-0.25, -0.2) is 13.2 Å². The second kappa shape index (κ2) is 6.98. The van der Waals surface area contributed by atoms with Crippen molar-refractivity contribution in [1.29, 1.82) is 0 Å². The molecule has 0 aromatic heterocycles. The lowest BCUT2D eigenvalue weighted by atomic mass is 10.0. The molecule has 3 N–H and O–H groups in total. The van der Waals surface area contributed by atoms with Crippen LogP contribution in [0.1, 0.15) is 23.7 Å². The van der Waals surface area contributed by atoms with Gasteiger partial charge in [-0.15, -0.1) is 0 Å². The molecule has 0 radical (unpaired) electrons. The highest BCUT2D eigenvalue weighted by Gasteiger charge is 2.34. The number of halogens is 3. The minimum Gasteiger partial charge on any atom is -0.387 e. The number of carbonyl (C=O) groups excluding carboxylic acids is 1. The molecule has 1 heterocycles. The molecule has 2 rings (SSSR count). The van der Waals surface area contributed by atoms with Crippen LogP contribution >= 0.6 is 0 Å². The second-order valence-electron chi connectivity index (χ2n) is 5.56. The third-order valence-electron chi connectivity index (χ3n) is 3.65. The molecule has 1 fully saturated rings. The van der Waals surface area contributed by atoms with Gasteiger partial charge >= 0.3 is 12.2 Å². The lowest BCUT2D eigenvalue weighted by Crippen LogP contribution is -2.44. The predicted molar refractivity (Wildman–Crippen MR) is 80.0 cm³/mol. The molecule has 134 valence electrons. The minimum absolute atomic E-state index is 0.0144. The first-order valence-electron chi connectivity index (χ1n) is 7.17. The molecule has 0 spiro atoms. The average Bonchev–Trinajstić information content (AvgIpc) is 2.82. The van der Waals surface area contributed by atoms with Gasteiger partial charge in [0.1, 0.15) is 0 Å². The summed E-state index contributed by atoms with van der Waals surface area (Å²) in [5.41, 5.74) is -1.31. The van der Waals surface area contributed by atoms with Crippen LogP contribution in [0.5, 0.6) is 0 Å². The van der Waals surface area contributed by atoms with Crippen molar-refractivity contribution in [3.8, 4) is 0 Å². The summed E-state index contributed by atoms with van der Waals surface area (Å²) in [6.45, 7) is -0.432. The molecule has 10 heteroatoms. The fraction of sp³-hybridized carbons (Fsp3) is 0.500. The number of alkyl halides is 3. The summed E-state index contributed by atoms with van der Waals surface area (Å²) in [6.07, 6.45) is -5.87. The largest absolute Gasteiger partial charge is 0.416 e. The van der Waals surface area contributed by atoms with Crippen molar-refractivity contribution in [3.63, 3.8) is 0 Å². The molecule has 2 amide bonds. The van der Waals surface area contributed by atoms with Crippen LogP contribution in [0.4, 0.5) is 18.0 Å². The highest BCUT2D eigenvalue weighted by molar-refractivity contribution is 7.91. The smallest absolute Gasteiger partial charge is 0.387 e. The van der Waals surface area contributed by atoms with E-state index in [9.17, 15) is 31.5 Å². The molecule has 1 aliphatic heterocycles. The van der Waals surface area contributed by atoms with Gasteiger partial charge in [0.15, 0.2) is 9.84 Å². The third kappa shape index (κ3) is 4.84. The summed E-state index contributed by atoms with van der Waals surface area (Å²) in [7, 11) is -3.15. The maximum absolute atomic E-state index is 12.9. The van der Waals surface area contributed by atoms with Gasteiger partial charge in [0.2, 0.25) is 0 Å².